The van der Waals surface area contributed by atoms with E-state index in [0.29, 0.717) is 24.7 Å². The predicted octanol–water partition coefficient (Wildman–Crippen LogP) is 1.88. The summed E-state index contributed by atoms with van der Waals surface area (Å²) in [6, 6.07) is 1.78. The number of carbonyl (C=O) groups is 1. The number of nitrogens with one attached hydrogen (secondary N) is 1. The van der Waals surface area contributed by atoms with E-state index in [1.165, 1.54) is 0 Å². The van der Waals surface area contributed by atoms with Crippen LogP contribution in [0.4, 0.5) is 0 Å². The van der Waals surface area contributed by atoms with Crippen LogP contribution in [-0.2, 0) is 6.54 Å². The summed E-state index contributed by atoms with van der Waals surface area (Å²) in [6.07, 6.45) is 3.72. The molecule has 1 fully saturated rings. The summed E-state index contributed by atoms with van der Waals surface area (Å²) in [4.78, 5) is 12.2. The van der Waals surface area contributed by atoms with Crippen LogP contribution in [0.3, 0.4) is 0 Å². The molecular formula is C15H25N3O2. The molecule has 2 rings (SSSR count). The molecule has 0 saturated heterocycles. The number of nitrogens with zero attached hydrogens (tertiary/aromatic N) is 2. The van der Waals surface area contributed by atoms with Crippen molar-refractivity contribution in [2.75, 3.05) is 6.54 Å². The smallest absolute Gasteiger partial charge is 0.269 e. The fourth-order valence-corrected chi connectivity index (χ4v) is 3.10. The summed E-state index contributed by atoms with van der Waals surface area (Å²) >= 11 is 0. The molecule has 0 aliphatic heterocycles. The van der Waals surface area contributed by atoms with Crippen LogP contribution in [0.25, 0.3) is 0 Å². The molecule has 0 radical (unpaired) electrons. The Labute approximate surface area is 120 Å². The van der Waals surface area contributed by atoms with Gasteiger partial charge in [0.1, 0.15) is 5.69 Å². The Bertz CT molecular complexity index is 483. The summed E-state index contributed by atoms with van der Waals surface area (Å²) in [5.74, 6) is 0.369. The standard InChI is InChI=1S/C15H25N3O2/c1-4-18-13(8-12(3)17-18)14(19)16-10-15(20)7-5-6-11(2)9-15/h8,11,20H,4-7,9-10H2,1-3H3,(H,16,19). The largest absolute Gasteiger partial charge is 0.388 e. The Morgan fingerprint density at radius 2 is 2.40 bits per heavy atom. The van der Waals surface area contributed by atoms with E-state index in [2.05, 4.69) is 17.3 Å². The van der Waals surface area contributed by atoms with Gasteiger partial charge >= 0.3 is 0 Å². The van der Waals surface area contributed by atoms with Crippen molar-refractivity contribution < 1.29 is 9.90 Å². The molecule has 2 N–H and O–H groups in total. The maximum Gasteiger partial charge on any atom is 0.269 e. The van der Waals surface area contributed by atoms with Crippen molar-refractivity contribution in [1.29, 1.82) is 0 Å². The molecule has 5 nitrogen and oxygen atoms in total. The molecule has 0 bridgehead atoms. The molecule has 1 heterocycles. The first-order valence-electron chi connectivity index (χ1n) is 7.48. The lowest BCUT2D eigenvalue weighted by Crippen LogP contribution is -2.46. The SMILES string of the molecule is CCn1nc(C)cc1C(=O)NCC1(O)CCCC(C)C1. The van der Waals surface area contributed by atoms with Gasteiger partial charge in [-0.2, -0.15) is 5.10 Å². The van der Waals surface area contributed by atoms with Gasteiger partial charge in [0.2, 0.25) is 0 Å². The fourth-order valence-electron chi connectivity index (χ4n) is 3.10. The van der Waals surface area contributed by atoms with Crippen LogP contribution in [0.2, 0.25) is 0 Å². The summed E-state index contributed by atoms with van der Waals surface area (Å²) < 4.78 is 1.69. The summed E-state index contributed by atoms with van der Waals surface area (Å²) in [6.45, 7) is 6.97. The normalized spacial score (nSPS) is 26.5. The number of aryl methyl sites for hydroxylation is 2. The highest BCUT2D eigenvalue weighted by Crippen LogP contribution is 2.31. The third-order valence-electron chi connectivity index (χ3n) is 4.08. The lowest BCUT2D eigenvalue weighted by Gasteiger charge is -2.35. The fraction of sp³-hybridized carbons (Fsp3) is 0.733. The molecule has 1 aromatic rings. The molecule has 1 aliphatic carbocycles. The minimum Gasteiger partial charge on any atom is -0.388 e. The van der Waals surface area contributed by atoms with Gasteiger partial charge in [-0.1, -0.05) is 19.8 Å². The molecule has 0 aromatic carbocycles. The van der Waals surface area contributed by atoms with Crippen LogP contribution in [0.1, 0.15) is 55.7 Å². The number of hydrogen-bond donors (Lipinski definition) is 2. The maximum atomic E-state index is 12.2. The molecule has 2 unspecified atom stereocenters. The van der Waals surface area contributed by atoms with Crippen LogP contribution in [0.15, 0.2) is 6.07 Å². The van der Waals surface area contributed by atoms with Gasteiger partial charge in [0.15, 0.2) is 0 Å². The number of hydrogen-bond acceptors (Lipinski definition) is 3. The van der Waals surface area contributed by atoms with E-state index < -0.39 is 5.60 Å². The van der Waals surface area contributed by atoms with E-state index in [0.717, 1.165) is 31.4 Å². The molecular weight excluding hydrogens is 254 g/mol. The van der Waals surface area contributed by atoms with Crippen LogP contribution < -0.4 is 5.32 Å². The predicted molar refractivity (Wildman–Crippen MR) is 77.6 cm³/mol. The zero-order valence-corrected chi connectivity index (χ0v) is 12.6. The van der Waals surface area contributed by atoms with E-state index in [1.54, 1.807) is 10.7 Å². The van der Waals surface area contributed by atoms with Crippen molar-refractivity contribution >= 4 is 5.91 Å². The van der Waals surface area contributed by atoms with Crippen LogP contribution >= 0.6 is 0 Å². The number of aromatic nitrogens is 2. The summed E-state index contributed by atoms with van der Waals surface area (Å²) in [7, 11) is 0. The maximum absolute atomic E-state index is 12.2. The van der Waals surface area contributed by atoms with Crippen LogP contribution in [-0.4, -0.2) is 32.9 Å². The van der Waals surface area contributed by atoms with Gasteiger partial charge in [0, 0.05) is 13.1 Å². The van der Waals surface area contributed by atoms with E-state index >= 15 is 0 Å². The third kappa shape index (κ3) is 3.39. The molecule has 0 spiro atoms. The Hall–Kier alpha value is -1.36. The number of aliphatic hydroxyl groups is 1. The minimum absolute atomic E-state index is 0.154. The lowest BCUT2D eigenvalue weighted by atomic mass is 9.79. The minimum atomic E-state index is -0.751. The third-order valence-corrected chi connectivity index (χ3v) is 4.08. The lowest BCUT2D eigenvalue weighted by molar-refractivity contribution is -0.0110. The molecule has 5 heteroatoms. The zero-order valence-electron chi connectivity index (χ0n) is 12.6. The van der Waals surface area contributed by atoms with Crippen molar-refractivity contribution in [2.24, 2.45) is 5.92 Å². The second kappa shape index (κ2) is 5.95. The first-order valence-corrected chi connectivity index (χ1v) is 7.48. The average molecular weight is 279 g/mol. The average Bonchev–Trinajstić information content (AvgIpc) is 2.77. The zero-order chi connectivity index (χ0) is 14.8. The van der Waals surface area contributed by atoms with Gasteiger partial charge in [-0.05, 0) is 38.7 Å². The topological polar surface area (TPSA) is 67.2 Å². The first-order chi connectivity index (χ1) is 9.43. The van der Waals surface area contributed by atoms with Crippen LogP contribution in [0.5, 0.6) is 0 Å². The Morgan fingerprint density at radius 3 is 3.05 bits per heavy atom. The monoisotopic (exact) mass is 279 g/mol. The van der Waals surface area contributed by atoms with Crippen molar-refractivity contribution in [1.82, 2.24) is 15.1 Å². The van der Waals surface area contributed by atoms with E-state index in [9.17, 15) is 9.90 Å². The highest BCUT2D eigenvalue weighted by Gasteiger charge is 2.33. The second-order valence-corrected chi connectivity index (χ2v) is 6.10. The Morgan fingerprint density at radius 1 is 1.65 bits per heavy atom. The number of carbonyl (C=O) groups excluding carboxylic acids is 1. The van der Waals surface area contributed by atoms with Gasteiger partial charge in [0.05, 0.1) is 11.3 Å². The van der Waals surface area contributed by atoms with Gasteiger partial charge in [-0.15, -0.1) is 0 Å². The van der Waals surface area contributed by atoms with Crippen molar-refractivity contribution in [3.05, 3.63) is 17.5 Å². The van der Waals surface area contributed by atoms with Gasteiger partial charge in [-0.25, -0.2) is 0 Å². The molecule has 1 saturated carbocycles. The van der Waals surface area contributed by atoms with Crippen molar-refractivity contribution in [3.8, 4) is 0 Å². The first kappa shape index (κ1) is 15.0. The molecule has 1 amide bonds. The molecule has 20 heavy (non-hydrogen) atoms. The second-order valence-electron chi connectivity index (χ2n) is 6.10. The highest BCUT2D eigenvalue weighted by atomic mass is 16.3. The van der Waals surface area contributed by atoms with E-state index in [-0.39, 0.29) is 5.91 Å². The molecule has 1 aliphatic rings. The van der Waals surface area contributed by atoms with Crippen LogP contribution in [0, 0.1) is 12.8 Å². The number of amides is 1. The van der Waals surface area contributed by atoms with E-state index in [4.69, 9.17) is 0 Å². The van der Waals surface area contributed by atoms with Gasteiger partial charge < -0.3 is 10.4 Å². The number of rotatable bonds is 4. The molecule has 1 aromatic heterocycles. The van der Waals surface area contributed by atoms with E-state index in [1.807, 2.05) is 13.8 Å². The van der Waals surface area contributed by atoms with Gasteiger partial charge in [0.25, 0.3) is 5.91 Å². The van der Waals surface area contributed by atoms with Gasteiger partial charge in [-0.3, -0.25) is 9.48 Å². The summed E-state index contributed by atoms with van der Waals surface area (Å²) in [5.41, 5.74) is 0.652. The highest BCUT2D eigenvalue weighted by molar-refractivity contribution is 5.92. The quantitative estimate of drug-likeness (QED) is 0.884. The molecule has 2 atom stereocenters. The van der Waals surface area contributed by atoms with Crippen molar-refractivity contribution in [3.63, 3.8) is 0 Å². The molecule has 112 valence electrons. The Balaban J connectivity index is 1.97. The summed E-state index contributed by atoms with van der Waals surface area (Å²) in [5, 5.41) is 17.7. The Kier molecular flexibility index (Phi) is 4.48. The van der Waals surface area contributed by atoms with Crippen molar-refractivity contribution in [2.45, 2.75) is 58.6 Å².